The molecule has 1 atom stereocenters. The van der Waals surface area contributed by atoms with Gasteiger partial charge in [-0.15, -0.1) is 0 Å². The second-order valence-corrected chi connectivity index (χ2v) is 6.54. The predicted molar refractivity (Wildman–Crippen MR) is 105 cm³/mol. The number of hydrogen-bond acceptors (Lipinski definition) is 7. The fraction of sp³-hybridized carbons (Fsp3) is 0.714. The molecule has 7 nitrogen and oxygen atoms in total. The monoisotopic (exact) mass is 398 g/mol. The van der Waals surface area contributed by atoms with Crippen LogP contribution in [0.1, 0.15) is 37.3 Å². The van der Waals surface area contributed by atoms with Crippen LogP contribution in [0, 0.1) is 0 Å². The van der Waals surface area contributed by atoms with Gasteiger partial charge in [0.1, 0.15) is 11.5 Å². The summed E-state index contributed by atoms with van der Waals surface area (Å²) < 4.78 is 38.4. The highest BCUT2D eigenvalue weighted by molar-refractivity contribution is 5.47. The molecule has 0 radical (unpaired) electrons. The van der Waals surface area contributed by atoms with Gasteiger partial charge in [-0.1, -0.05) is 6.92 Å². The zero-order chi connectivity index (χ0) is 20.0. The van der Waals surface area contributed by atoms with Crippen molar-refractivity contribution in [3.8, 4) is 11.5 Å². The van der Waals surface area contributed by atoms with E-state index in [1.807, 2.05) is 12.1 Å². The van der Waals surface area contributed by atoms with Crippen LogP contribution in [0.3, 0.4) is 0 Å². The molecule has 1 saturated heterocycles. The maximum Gasteiger partial charge on any atom is 0.188 e. The van der Waals surface area contributed by atoms with Gasteiger partial charge >= 0.3 is 0 Å². The quantitative estimate of drug-likeness (QED) is 0.352. The SMILES string of the molecule is CCc1c(CCOCCOC2CCCCO2)cc(OCOC)cc1OCOC. The van der Waals surface area contributed by atoms with Gasteiger partial charge in [-0.25, -0.2) is 0 Å². The first-order valence-corrected chi connectivity index (χ1v) is 9.98. The second-order valence-electron chi connectivity index (χ2n) is 6.54. The van der Waals surface area contributed by atoms with Gasteiger partial charge in [0.05, 0.1) is 19.8 Å². The Morgan fingerprint density at radius 2 is 1.82 bits per heavy atom. The maximum atomic E-state index is 5.76. The summed E-state index contributed by atoms with van der Waals surface area (Å²) in [7, 11) is 3.20. The summed E-state index contributed by atoms with van der Waals surface area (Å²) in [5.74, 6) is 1.48. The highest BCUT2D eigenvalue weighted by Crippen LogP contribution is 2.30. The standard InChI is InChI=1S/C21H34O7/c1-4-19-17(8-10-24-11-12-26-21-7-5-6-9-25-21)13-18(27-15-22-2)14-20(19)28-16-23-3/h13-14,21H,4-12,15-16H2,1-3H3. The molecular weight excluding hydrogens is 364 g/mol. The number of ether oxygens (including phenoxy) is 7. The first-order valence-electron chi connectivity index (χ1n) is 9.98. The number of methoxy groups -OCH3 is 2. The van der Waals surface area contributed by atoms with Crippen LogP contribution in [0.4, 0.5) is 0 Å². The maximum absolute atomic E-state index is 5.76. The molecule has 160 valence electrons. The lowest BCUT2D eigenvalue weighted by atomic mass is 10.0. The van der Waals surface area contributed by atoms with E-state index in [4.69, 9.17) is 33.2 Å². The lowest BCUT2D eigenvalue weighted by molar-refractivity contribution is -0.168. The van der Waals surface area contributed by atoms with Crippen LogP contribution in [0.25, 0.3) is 0 Å². The van der Waals surface area contributed by atoms with E-state index < -0.39 is 0 Å². The average molecular weight is 398 g/mol. The molecule has 1 aliphatic rings. The zero-order valence-electron chi connectivity index (χ0n) is 17.4. The van der Waals surface area contributed by atoms with Gasteiger partial charge < -0.3 is 33.2 Å². The summed E-state index contributed by atoms with van der Waals surface area (Å²) in [5, 5.41) is 0. The summed E-state index contributed by atoms with van der Waals surface area (Å²) in [6.45, 7) is 4.97. The van der Waals surface area contributed by atoms with E-state index in [0.717, 1.165) is 49.2 Å². The first kappa shape index (κ1) is 22.9. The van der Waals surface area contributed by atoms with Gasteiger partial charge in [0.15, 0.2) is 19.9 Å². The smallest absolute Gasteiger partial charge is 0.188 e. The molecule has 0 aliphatic carbocycles. The van der Waals surface area contributed by atoms with Crippen molar-refractivity contribution in [1.82, 2.24) is 0 Å². The largest absolute Gasteiger partial charge is 0.467 e. The number of hydrogen-bond donors (Lipinski definition) is 0. The molecule has 2 rings (SSSR count). The third-order valence-electron chi connectivity index (χ3n) is 4.49. The lowest BCUT2D eigenvalue weighted by Crippen LogP contribution is -2.24. The Bertz CT molecular complexity index is 544. The molecule has 0 spiro atoms. The van der Waals surface area contributed by atoms with Gasteiger partial charge in [0.2, 0.25) is 0 Å². The van der Waals surface area contributed by atoms with Gasteiger partial charge in [0, 0.05) is 26.9 Å². The van der Waals surface area contributed by atoms with Crippen molar-refractivity contribution >= 4 is 0 Å². The summed E-state index contributed by atoms with van der Waals surface area (Å²) >= 11 is 0. The molecule has 1 unspecified atom stereocenters. The molecule has 0 N–H and O–H groups in total. The Morgan fingerprint density at radius 1 is 1.00 bits per heavy atom. The van der Waals surface area contributed by atoms with Crippen molar-refractivity contribution in [2.45, 2.75) is 45.3 Å². The van der Waals surface area contributed by atoms with Crippen LogP contribution >= 0.6 is 0 Å². The molecular formula is C21H34O7. The Balaban J connectivity index is 1.84. The minimum Gasteiger partial charge on any atom is -0.467 e. The van der Waals surface area contributed by atoms with Crippen molar-refractivity contribution < 1.29 is 33.2 Å². The van der Waals surface area contributed by atoms with Crippen LogP contribution in [-0.2, 0) is 36.5 Å². The van der Waals surface area contributed by atoms with Gasteiger partial charge in [-0.05, 0) is 49.3 Å². The summed E-state index contributed by atoms with van der Waals surface area (Å²) in [5.41, 5.74) is 2.27. The number of benzene rings is 1. The Labute approximate surface area is 168 Å². The molecule has 1 aliphatic heterocycles. The van der Waals surface area contributed by atoms with Crippen LogP contribution in [0.15, 0.2) is 12.1 Å². The fourth-order valence-corrected chi connectivity index (χ4v) is 3.13. The highest BCUT2D eigenvalue weighted by atomic mass is 16.7. The van der Waals surface area contributed by atoms with E-state index in [1.165, 1.54) is 6.42 Å². The molecule has 0 aromatic heterocycles. The lowest BCUT2D eigenvalue weighted by Gasteiger charge is -2.22. The normalized spacial score (nSPS) is 16.9. The molecule has 0 amide bonds. The van der Waals surface area contributed by atoms with Crippen molar-refractivity contribution in [1.29, 1.82) is 0 Å². The van der Waals surface area contributed by atoms with Crippen molar-refractivity contribution in [3.05, 3.63) is 23.3 Å². The topological polar surface area (TPSA) is 64.6 Å². The fourth-order valence-electron chi connectivity index (χ4n) is 3.13. The Morgan fingerprint density at radius 3 is 2.54 bits per heavy atom. The summed E-state index contributed by atoms with van der Waals surface area (Å²) in [4.78, 5) is 0. The van der Waals surface area contributed by atoms with E-state index in [0.29, 0.717) is 25.6 Å². The second kappa shape index (κ2) is 13.7. The highest BCUT2D eigenvalue weighted by Gasteiger charge is 2.14. The first-order chi connectivity index (χ1) is 13.8. The Hall–Kier alpha value is -1.38. The molecule has 1 heterocycles. The van der Waals surface area contributed by atoms with Gasteiger partial charge in [0.25, 0.3) is 0 Å². The van der Waals surface area contributed by atoms with Crippen LogP contribution in [0.2, 0.25) is 0 Å². The van der Waals surface area contributed by atoms with Crippen molar-refractivity contribution in [2.75, 3.05) is 54.2 Å². The van der Waals surface area contributed by atoms with E-state index in [9.17, 15) is 0 Å². The third kappa shape index (κ3) is 7.93. The molecule has 1 aromatic carbocycles. The Kier molecular flexibility index (Phi) is 11.2. The molecule has 1 fully saturated rings. The minimum absolute atomic E-state index is 0.0702. The predicted octanol–water partition coefficient (Wildman–Crippen LogP) is 3.32. The van der Waals surface area contributed by atoms with Crippen LogP contribution in [-0.4, -0.2) is 60.5 Å². The van der Waals surface area contributed by atoms with Crippen molar-refractivity contribution in [3.63, 3.8) is 0 Å². The van der Waals surface area contributed by atoms with Gasteiger partial charge in [-0.2, -0.15) is 0 Å². The molecule has 7 heteroatoms. The zero-order valence-corrected chi connectivity index (χ0v) is 17.4. The molecule has 0 saturated carbocycles. The summed E-state index contributed by atoms with van der Waals surface area (Å²) in [6.07, 6.45) is 4.80. The third-order valence-corrected chi connectivity index (χ3v) is 4.49. The molecule has 1 aromatic rings. The minimum atomic E-state index is -0.0702. The van der Waals surface area contributed by atoms with Crippen molar-refractivity contribution in [2.24, 2.45) is 0 Å². The van der Waals surface area contributed by atoms with Crippen LogP contribution < -0.4 is 9.47 Å². The van der Waals surface area contributed by atoms with E-state index in [1.54, 1.807) is 14.2 Å². The molecule has 28 heavy (non-hydrogen) atoms. The average Bonchev–Trinajstić information content (AvgIpc) is 2.73. The number of rotatable bonds is 14. The van der Waals surface area contributed by atoms with E-state index in [-0.39, 0.29) is 19.9 Å². The van der Waals surface area contributed by atoms with E-state index >= 15 is 0 Å². The van der Waals surface area contributed by atoms with E-state index in [2.05, 4.69) is 6.92 Å². The van der Waals surface area contributed by atoms with Crippen LogP contribution in [0.5, 0.6) is 11.5 Å². The molecule has 0 bridgehead atoms. The van der Waals surface area contributed by atoms with Gasteiger partial charge in [-0.3, -0.25) is 0 Å². The summed E-state index contributed by atoms with van der Waals surface area (Å²) in [6, 6.07) is 3.90.